The fourth-order valence-corrected chi connectivity index (χ4v) is 3.37. The van der Waals surface area contributed by atoms with Gasteiger partial charge in [-0.25, -0.2) is 9.97 Å². The molecule has 9 nitrogen and oxygen atoms in total. The fraction of sp³-hybridized carbons (Fsp3) is 0.208. The van der Waals surface area contributed by atoms with Crippen LogP contribution < -0.4 is 10.2 Å². The molecular weight excluding hydrogens is 422 g/mol. The van der Waals surface area contributed by atoms with Gasteiger partial charge in [-0.2, -0.15) is 4.98 Å². The number of nitrogens with one attached hydrogen (secondary N) is 1. The van der Waals surface area contributed by atoms with Crippen molar-refractivity contribution in [2.24, 2.45) is 0 Å². The van der Waals surface area contributed by atoms with Crippen LogP contribution in [0.1, 0.15) is 30.4 Å². The average molecular weight is 445 g/mol. The summed E-state index contributed by atoms with van der Waals surface area (Å²) in [6.07, 6.45) is 3.47. The molecular formula is C24H23N5O4. The number of likely N-dealkylation sites (N-methyl/N-ethyl adjacent to an activating group) is 1. The number of carboxylic acid groups (broad SMARTS) is 1. The van der Waals surface area contributed by atoms with Gasteiger partial charge in [-0.1, -0.05) is 25.1 Å². The molecule has 0 saturated heterocycles. The number of benzene rings is 1. The number of carbonyl (C=O) groups excluding carboxylic acids is 1. The lowest BCUT2D eigenvalue weighted by molar-refractivity contribution is -0.137. The summed E-state index contributed by atoms with van der Waals surface area (Å²) in [5.41, 5.74) is 2.83. The summed E-state index contributed by atoms with van der Waals surface area (Å²) < 4.78 is 5.76. The van der Waals surface area contributed by atoms with Crippen LogP contribution in [0.4, 0.5) is 17.7 Å². The standard InChI is InChI=1S/C24H23N5O4/c1-15(11-23(31)32)17-7-9-21(26-14-17)29(2)22(30)13-16-6-8-18-19(12-16)33-24(27-18)28-20-5-3-4-10-25-20/h3-10,12,14-15H,11,13H2,1-2H3,(H,31,32)(H,25,27,28). The normalized spacial score (nSPS) is 11.8. The number of aliphatic carboxylic acids is 1. The zero-order valence-electron chi connectivity index (χ0n) is 18.2. The third kappa shape index (κ3) is 5.32. The van der Waals surface area contributed by atoms with Gasteiger partial charge in [0.15, 0.2) is 5.58 Å². The third-order valence-corrected chi connectivity index (χ3v) is 5.25. The van der Waals surface area contributed by atoms with Gasteiger partial charge in [0, 0.05) is 19.4 Å². The Labute approximate surface area is 190 Å². The van der Waals surface area contributed by atoms with Crippen LogP contribution in [-0.2, 0) is 16.0 Å². The predicted octanol–water partition coefficient (Wildman–Crippen LogP) is 4.15. The molecule has 2 N–H and O–H groups in total. The summed E-state index contributed by atoms with van der Waals surface area (Å²) in [6.45, 7) is 1.83. The van der Waals surface area contributed by atoms with Crippen LogP contribution in [0.5, 0.6) is 0 Å². The zero-order chi connectivity index (χ0) is 23.4. The number of aromatic nitrogens is 3. The summed E-state index contributed by atoms with van der Waals surface area (Å²) in [4.78, 5) is 38.1. The maximum absolute atomic E-state index is 12.8. The lowest BCUT2D eigenvalue weighted by atomic mass is 10.00. The number of carboxylic acids is 1. The van der Waals surface area contributed by atoms with E-state index in [1.54, 1.807) is 37.6 Å². The summed E-state index contributed by atoms with van der Waals surface area (Å²) in [5, 5.41) is 12.0. The van der Waals surface area contributed by atoms with E-state index in [4.69, 9.17) is 9.52 Å². The number of anilines is 3. The largest absolute Gasteiger partial charge is 0.481 e. The first-order chi connectivity index (χ1) is 15.9. The Balaban J connectivity index is 1.43. The van der Waals surface area contributed by atoms with Gasteiger partial charge in [-0.05, 0) is 47.4 Å². The monoisotopic (exact) mass is 445 g/mol. The van der Waals surface area contributed by atoms with E-state index in [1.807, 2.05) is 37.3 Å². The van der Waals surface area contributed by atoms with Gasteiger partial charge in [-0.3, -0.25) is 19.8 Å². The Kier molecular flexibility index (Phi) is 6.30. The molecule has 3 heterocycles. The molecule has 0 aliphatic rings. The lowest BCUT2D eigenvalue weighted by Crippen LogP contribution is -2.28. The number of oxazole rings is 1. The Morgan fingerprint density at radius 2 is 2.00 bits per heavy atom. The van der Waals surface area contributed by atoms with Crippen molar-refractivity contribution in [1.29, 1.82) is 0 Å². The summed E-state index contributed by atoms with van der Waals surface area (Å²) >= 11 is 0. The molecule has 0 aliphatic carbocycles. The second-order valence-corrected chi connectivity index (χ2v) is 7.74. The quantitative estimate of drug-likeness (QED) is 0.415. The SMILES string of the molecule is CC(CC(=O)O)c1ccc(N(C)C(=O)Cc2ccc3nc(Nc4ccccn4)oc3c2)nc1. The molecule has 3 aromatic heterocycles. The number of rotatable bonds is 8. The Morgan fingerprint density at radius 3 is 2.70 bits per heavy atom. The van der Waals surface area contributed by atoms with Crippen LogP contribution in [0.2, 0.25) is 0 Å². The molecule has 1 unspecified atom stereocenters. The lowest BCUT2D eigenvalue weighted by Gasteiger charge is -2.17. The zero-order valence-corrected chi connectivity index (χ0v) is 18.2. The molecule has 0 fully saturated rings. The van der Waals surface area contributed by atoms with Crippen LogP contribution >= 0.6 is 0 Å². The summed E-state index contributed by atoms with van der Waals surface area (Å²) in [7, 11) is 1.66. The first-order valence-corrected chi connectivity index (χ1v) is 10.4. The molecule has 1 aromatic carbocycles. The van der Waals surface area contributed by atoms with E-state index in [0.717, 1.165) is 11.1 Å². The van der Waals surface area contributed by atoms with Crippen molar-refractivity contribution in [3.8, 4) is 0 Å². The molecule has 33 heavy (non-hydrogen) atoms. The van der Waals surface area contributed by atoms with Crippen LogP contribution in [0.3, 0.4) is 0 Å². The molecule has 168 valence electrons. The van der Waals surface area contributed by atoms with E-state index in [0.29, 0.717) is 28.8 Å². The molecule has 1 atom stereocenters. The van der Waals surface area contributed by atoms with Crippen LogP contribution in [0, 0.1) is 0 Å². The fourth-order valence-electron chi connectivity index (χ4n) is 3.37. The van der Waals surface area contributed by atoms with Crippen molar-refractivity contribution in [2.45, 2.75) is 25.7 Å². The second kappa shape index (κ2) is 9.47. The van der Waals surface area contributed by atoms with Gasteiger partial charge in [0.2, 0.25) is 5.91 Å². The maximum atomic E-state index is 12.8. The van der Waals surface area contributed by atoms with E-state index < -0.39 is 5.97 Å². The molecule has 0 radical (unpaired) electrons. The molecule has 0 aliphatic heterocycles. The number of fused-ring (bicyclic) bond motifs is 1. The van der Waals surface area contributed by atoms with Gasteiger partial charge in [0.1, 0.15) is 17.2 Å². The van der Waals surface area contributed by atoms with E-state index in [9.17, 15) is 9.59 Å². The summed E-state index contributed by atoms with van der Waals surface area (Å²) in [5.74, 6) is -0.0386. The molecule has 0 bridgehead atoms. The van der Waals surface area contributed by atoms with Crippen LogP contribution in [0.25, 0.3) is 11.1 Å². The number of pyridine rings is 2. The summed E-state index contributed by atoms with van der Waals surface area (Å²) in [6, 6.07) is 14.8. The highest BCUT2D eigenvalue weighted by molar-refractivity contribution is 5.93. The average Bonchev–Trinajstić information content (AvgIpc) is 3.20. The third-order valence-electron chi connectivity index (χ3n) is 5.25. The number of carbonyl (C=O) groups is 2. The molecule has 1 amide bonds. The maximum Gasteiger partial charge on any atom is 0.303 e. The van der Waals surface area contributed by atoms with Crippen molar-refractivity contribution >= 4 is 40.6 Å². The minimum Gasteiger partial charge on any atom is -0.481 e. The smallest absolute Gasteiger partial charge is 0.303 e. The number of amides is 1. The Bertz CT molecular complexity index is 1270. The molecule has 4 aromatic rings. The predicted molar refractivity (Wildman–Crippen MR) is 124 cm³/mol. The molecule has 9 heteroatoms. The molecule has 0 spiro atoms. The van der Waals surface area contributed by atoms with E-state index in [1.165, 1.54) is 4.90 Å². The van der Waals surface area contributed by atoms with Gasteiger partial charge >= 0.3 is 12.0 Å². The van der Waals surface area contributed by atoms with E-state index >= 15 is 0 Å². The van der Waals surface area contributed by atoms with Crippen LogP contribution in [-0.4, -0.2) is 39.0 Å². The van der Waals surface area contributed by atoms with E-state index in [-0.39, 0.29) is 24.7 Å². The highest BCUT2D eigenvalue weighted by Gasteiger charge is 2.16. The minimum absolute atomic E-state index is 0.0268. The Hall–Kier alpha value is -4.27. The first kappa shape index (κ1) is 21.9. The van der Waals surface area contributed by atoms with Crippen molar-refractivity contribution in [3.63, 3.8) is 0 Å². The molecule has 0 saturated carbocycles. The molecule has 4 rings (SSSR count). The number of hydrogen-bond donors (Lipinski definition) is 2. The first-order valence-electron chi connectivity index (χ1n) is 10.4. The van der Waals surface area contributed by atoms with Gasteiger partial charge in [0.25, 0.3) is 0 Å². The second-order valence-electron chi connectivity index (χ2n) is 7.74. The highest BCUT2D eigenvalue weighted by atomic mass is 16.4. The van der Waals surface area contributed by atoms with Crippen molar-refractivity contribution in [2.75, 3.05) is 17.3 Å². The van der Waals surface area contributed by atoms with Crippen LogP contribution in [0.15, 0.2) is 65.3 Å². The van der Waals surface area contributed by atoms with Crippen molar-refractivity contribution in [3.05, 3.63) is 72.1 Å². The van der Waals surface area contributed by atoms with E-state index in [2.05, 4.69) is 20.3 Å². The minimum atomic E-state index is -0.859. The van der Waals surface area contributed by atoms with Gasteiger partial charge in [-0.15, -0.1) is 0 Å². The van der Waals surface area contributed by atoms with Gasteiger partial charge < -0.3 is 9.52 Å². The number of hydrogen-bond acceptors (Lipinski definition) is 7. The van der Waals surface area contributed by atoms with Crippen molar-refractivity contribution < 1.29 is 19.1 Å². The van der Waals surface area contributed by atoms with Crippen molar-refractivity contribution in [1.82, 2.24) is 15.0 Å². The Morgan fingerprint density at radius 1 is 1.15 bits per heavy atom. The number of nitrogens with zero attached hydrogens (tertiary/aromatic N) is 4. The van der Waals surface area contributed by atoms with Gasteiger partial charge in [0.05, 0.1) is 12.8 Å². The topological polar surface area (TPSA) is 121 Å². The highest BCUT2D eigenvalue weighted by Crippen LogP contribution is 2.24.